The first-order valence-corrected chi connectivity index (χ1v) is 5.87. The van der Waals surface area contributed by atoms with Crippen LogP contribution in [0.4, 0.5) is 19.1 Å². The molecule has 1 aliphatic rings. The molecule has 0 aliphatic carbocycles. The van der Waals surface area contributed by atoms with Crippen molar-refractivity contribution in [3.63, 3.8) is 0 Å². The highest BCUT2D eigenvalue weighted by molar-refractivity contribution is 6.27. The van der Waals surface area contributed by atoms with Crippen molar-refractivity contribution in [1.29, 1.82) is 0 Å². The normalized spacial score (nSPS) is 17.8. The summed E-state index contributed by atoms with van der Waals surface area (Å²) in [6.45, 7) is 0. The largest absolute Gasteiger partial charge is 0.433 e. The summed E-state index contributed by atoms with van der Waals surface area (Å²) in [5, 5.41) is 2.05. The van der Waals surface area contributed by atoms with Crippen molar-refractivity contribution in [2.24, 2.45) is 0 Å². The molecule has 10 heteroatoms. The Balaban J connectivity index is 2.47. The number of ketones is 1. The van der Waals surface area contributed by atoms with Crippen LogP contribution in [0.3, 0.4) is 0 Å². The number of hydrogen-bond acceptors (Lipinski definition) is 4. The SMILES string of the molecule is O=C(CCl)CC1C(=O)Nc2nc(C(F)(F)F)cc(=O)n21. The molecule has 0 radical (unpaired) electrons. The number of fused-ring (bicyclic) bond motifs is 1. The van der Waals surface area contributed by atoms with Crippen LogP contribution in [0.2, 0.25) is 0 Å². The van der Waals surface area contributed by atoms with Crippen LogP contribution < -0.4 is 10.9 Å². The maximum Gasteiger partial charge on any atom is 0.433 e. The molecule has 1 N–H and O–H groups in total. The van der Waals surface area contributed by atoms with Gasteiger partial charge in [0, 0.05) is 12.5 Å². The topological polar surface area (TPSA) is 81.1 Å². The Hall–Kier alpha value is -1.90. The number of halogens is 4. The second-order valence-corrected chi connectivity index (χ2v) is 4.32. The van der Waals surface area contributed by atoms with E-state index in [0.29, 0.717) is 0 Å². The van der Waals surface area contributed by atoms with E-state index in [9.17, 15) is 27.6 Å². The van der Waals surface area contributed by atoms with Crippen molar-refractivity contribution >= 4 is 29.2 Å². The third-order valence-corrected chi connectivity index (χ3v) is 2.96. The number of alkyl halides is 4. The van der Waals surface area contributed by atoms with Crippen LogP contribution in [0.1, 0.15) is 18.2 Å². The van der Waals surface area contributed by atoms with E-state index in [0.717, 1.165) is 4.57 Å². The maximum absolute atomic E-state index is 12.5. The van der Waals surface area contributed by atoms with Gasteiger partial charge in [0.15, 0.2) is 5.69 Å². The van der Waals surface area contributed by atoms with Gasteiger partial charge in [-0.15, -0.1) is 11.6 Å². The highest BCUT2D eigenvalue weighted by Crippen LogP contribution is 2.30. The first-order chi connectivity index (χ1) is 9.24. The van der Waals surface area contributed by atoms with Crippen molar-refractivity contribution in [1.82, 2.24) is 9.55 Å². The summed E-state index contributed by atoms with van der Waals surface area (Å²) in [6.07, 6.45) is -5.18. The summed E-state index contributed by atoms with van der Waals surface area (Å²) in [4.78, 5) is 37.7. The lowest BCUT2D eigenvalue weighted by Gasteiger charge is -2.11. The minimum Gasteiger partial charge on any atom is -0.298 e. The molecule has 0 aromatic carbocycles. The van der Waals surface area contributed by atoms with Crippen LogP contribution in [-0.2, 0) is 15.8 Å². The molecule has 2 heterocycles. The number of nitrogens with one attached hydrogen (secondary N) is 1. The Bertz CT molecular complexity index is 641. The fraction of sp³-hybridized carbons (Fsp3) is 0.400. The summed E-state index contributed by atoms with van der Waals surface area (Å²) < 4.78 is 38.2. The number of anilines is 1. The second kappa shape index (κ2) is 4.89. The molecule has 1 unspecified atom stereocenters. The standard InChI is InChI=1S/C10H7ClF3N3O3/c11-3-4(18)1-5-8(20)16-9-15-6(10(12,13)14)2-7(19)17(5)9/h2,5H,1,3H2,(H,15,16,20). The Morgan fingerprint density at radius 2 is 2.10 bits per heavy atom. The summed E-state index contributed by atoms with van der Waals surface area (Å²) in [5.41, 5.74) is -2.47. The molecule has 6 nitrogen and oxygen atoms in total. The molecule has 0 saturated heterocycles. The quantitative estimate of drug-likeness (QED) is 0.843. The molecular formula is C10H7ClF3N3O3. The molecule has 0 saturated carbocycles. The van der Waals surface area contributed by atoms with Gasteiger partial charge in [0.2, 0.25) is 11.9 Å². The lowest BCUT2D eigenvalue weighted by Crippen LogP contribution is -2.28. The molecule has 1 atom stereocenters. The lowest BCUT2D eigenvalue weighted by molar-refractivity contribution is -0.141. The number of carbonyl (C=O) groups is 2. The predicted octanol–water partition coefficient (Wildman–Crippen LogP) is 0.953. The molecule has 2 rings (SSSR count). The van der Waals surface area contributed by atoms with Gasteiger partial charge in [-0.3, -0.25) is 24.3 Å². The third kappa shape index (κ3) is 2.53. The van der Waals surface area contributed by atoms with Crippen LogP contribution >= 0.6 is 11.6 Å². The minimum atomic E-state index is -4.80. The molecule has 1 aromatic heterocycles. The maximum atomic E-state index is 12.5. The Kier molecular flexibility index (Phi) is 3.55. The summed E-state index contributed by atoms with van der Waals surface area (Å²) >= 11 is 5.30. The average Bonchev–Trinajstić information content (AvgIpc) is 2.65. The fourth-order valence-electron chi connectivity index (χ4n) is 1.79. The van der Waals surface area contributed by atoms with Gasteiger partial charge in [0.25, 0.3) is 5.56 Å². The Labute approximate surface area is 114 Å². The van der Waals surface area contributed by atoms with E-state index >= 15 is 0 Å². The van der Waals surface area contributed by atoms with Gasteiger partial charge in [0.05, 0.1) is 5.88 Å². The molecule has 20 heavy (non-hydrogen) atoms. The molecule has 0 spiro atoms. The second-order valence-electron chi connectivity index (χ2n) is 4.05. The highest BCUT2D eigenvalue weighted by Gasteiger charge is 2.39. The van der Waals surface area contributed by atoms with Crippen LogP contribution in [0.5, 0.6) is 0 Å². The minimum absolute atomic E-state index is 0.280. The number of nitrogens with zero attached hydrogens (tertiary/aromatic N) is 2. The van der Waals surface area contributed by atoms with E-state index in [1.807, 2.05) is 5.32 Å². The number of carbonyl (C=O) groups excluding carboxylic acids is 2. The molecule has 0 fully saturated rings. The molecule has 0 bridgehead atoms. The highest BCUT2D eigenvalue weighted by atomic mass is 35.5. The van der Waals surface area contributed by atoms with Gasteiger partial charge in [-0.2, -0.15) is 13.2 Å². The zero-order valence-electron chi connectivity index (χ0n) is 9.70. The predicted molar refractivity (Wildman–Crippen MR) is 61.5 cm³/mol. The van der Waals surface area contributed by atoms with Gasteiger partial charge < -0.3 is 0 Å². The van der Waals surface area contributed by atoms with E-state index < -0.39 is 41.1 Å². The van der Waals surface area contributed by atoms with E-state index in [1.54, 1.807) is 0 Å². The zero-order chi connectivity index (χ0) is 15.1. The summed E-state index contributed by atoms with van der Waals surface area (Å²) in [5.74, 6) is -2.16. The van der Waals surface area contributed by atoms with Gasteiger partial charge in [-0.25, -0.2) is 4.98 Å². The summed E-state index contributed by atoms with van der Waals surface area (Å²) in [7, 11) is 0. The lowest BCUT2D eigenvalue weighted by atomic mass is 10.1. The number of amides is 1. The van der Waals surface area contributed by atoms with Gasteiger partial charge >= 0.3 is 6.18 Å². The van der Waals surface area contributed by atoms with Gasteiger partial charge in [-0.05, 0) is 0 Å². The van der Waals surface area contributed by atoms with Crippen molar-refractivity contribution in [3.05, 3.63) is 22.1 Å². The van der Waals surface area contributed by atoms with Crippen molar-refractivity contribution < 1.29 is 22.8 Å². The molecule has 108 valence electrons. The van der Waals surface area contributed by atoms with E-state index in [-0.39, 0.29) is 18.4 Å². The average molecular weight is 310 g/mol. The Morgan fingerprint density at radius 1 is 1.45 bits per heavy atom. The van der Waals surface area contributed by atoms with Gasteiger partial charge in [-0.1, -0.05) is 0 Å². The molecular weight excluding hydrogens is 303 g/mol. The number of Topliss-reactive ketones (excluding diaryl/α,β-unsaturated/α-hetero) is 1. The smallest absolute Gasteiger partial charge is 0.298 e. The van der Waals surface area contributed by atoms with Crippen molar-refractivity contribution in [3.8, 4) is 0 Å². The van der Waals surface area contributed by atoms with E-state index in [4.69, 9.17) is 11.6 Å². The van der Waals surface area contributed by atoms with Crippen LogP contribution in [-0.4, -0.2) is 27.1 Å². The first kappa shape index (κ1) is 14.5. The number of rotatable bonds is 3. The number of hydrogen-bond donors (Lipinski definition) is 1. The molecule has 1 aromatic rings. The molecule has 1 aliphatic heterocycles. The molecule has 1 amide bonds. The monoisotopic (exact) mass is 309 g/mol. The van der Waals surface area contributed by atoms with E-state index in [2.05, 4.69) is 4.98 Å². The van der Waals surface area contributed by atoms with Crippen molar-refractivity contribution in [2.75, 3.05) is 11.2 Å². The summed E-state index contributed by atoms with van der Waals surface area (Å²) in [6, 6.07) is -0.944. The third-order valence-electron chi connectivity index (χ3n) is 2.66. The first-order valence-electron chi connectivity index (χ1n) is 5.33. The fourth-order valence-corrected chi connectivity index (χ4v) is 1.90. The van der Waals surface area contributed by atoms with Crippen LogP contribution in [0, 0.1) is 0 Å². The van der Waals surface area contributed by atoms with E-state index in [1.165, 1.54) is 0 Å². The Morgan fingerprint density at radius 3 is 2.65 bits per heavy atom. The van der Waals surface area contributed by atoms with Crippen LogP contribution in [0.15, 0.2) is 10.9 Å². The van der Waals surface area contributed by atoms with Crippen LogP contribution in [0.25, 0.3) is 0 Å². The van der Waals surface area contributed by atoms with Crippen molar-refractivity contribution in [2.45, 2.75) is 18.6 Å². The number of aromatic nitrogens is 2. The van der Waals surface area contributed by atoms with Gasteiger partial charge in [0.1, 0.15) is 11.8 Å². The zero-order valence-corrected chi connectivity index (χ0v) is 10.5.